The summed E-state index contributed by atoms with van der Waals surface area (Å²) in [7, 11) is 1.32. The number of aromatic nitrogens is 1. The smallest absolute Gasteiger partial charge is 0.429 e. The van der Waals surface area contributed by atoms with Crippen molar-refractivity contribution < 1.29 is 37.3 Å². The van der Waals surface area contributed by atoms with Crippen molar-refractivity contribution in [2.24, 2.45) is 0 Å². The Kier molecular flexibility index (Phi) is 6.44. The van der Waals surface area contributed by atoms with Crippen LogP contribution in [0.1, 0.15) is 27.0 Å². The first-order valence-electron chi connectivity index (χ1n) is 10.1. The molecule has 2 aromatic carbocycles. The van der Waals surface area contributed by atoms with Gasteiger partial charge in [-0.2, -0.15) is 8.78 Å². The minimum atomic E-state index is -3.96. The largest absolute Gasteiger partial charge is 0.496 e. The summed E-state index contributed by atoms with van der Waals surface area (Å²) < 4.78 is 60.0. The molecule has 7 nitrogen and oxygen atoms in total. The summed E-state index contributed by atoms with van der Waals surface area (Å²) in [5, 5.41) is 11.5. The maximum absolute atomic E-state index is 14.8. The van der Waals surface area contributed by atoms with Crippen LogP contribution >= 0.6 is 11.3 Å². The highest BCUT2D eigenvalue weighted by Gasteiger charge is 2.38. The molecule has 2 aromatic heterocycles. The summed E-state index contributed by atoms with van der Waals surface area (Å²) >= 11 is 1.18. The van der Waals surface area contributed by atoms with Crippen molar-refractivity contribution in [3.8, 4) is 17.2 Å². The molecule has 11 heteroatoms. The predicted molar refractivity (Wildman–Crippen MR) is 124 cm³/mol. The van der Waals surface area contributed by atoms with Gasteiger partial charge < -0.3 is 25.1 Å². The maximum atomic E-state index is 14.8. The van der Waals surface area contributed by atoms with E-state index in [-0.39, 0.29) is 40.8 Å². The predicted octanol–water partition coefficient (Wildman–Crippen LogP) is 5.74. The summed E-state index contributed by atoms with van der Waals surface area (Å²) in [6.45, 7) is 1.30. The number of thiophene rings is 1. The van der Waals surface area contributed by atoms with Gasteiger partial charge in [-0.1, -0.05) is 6.07 Å². The van der Waals surface area contributed by atoms with Gasteiger partial charge in [-0.3, -0.25) is 0 Å². The second kappa shape index (κ2) is 9.34. The van der Waals surface area contributed by atoms with E-state index in [1.54, 1.807) is 5.38 Å². The molecule has 4 rings (SSSR count). The number of hydrogen-bond donors (Lipinski definition) is 2. The number of pyridine rings is 1. The van der Waals surface area contributed by atoms with E-state index in [0.717, 1.165) is 6.07 Å². The molecule has 0 aliphatic heterocycles. The number of benzene rings is 2. The van der Waals surface area contributed by atoms with E-state index in [1.165, 1.54) is 61.9 Å². The monoisotopic (exact) mass is 504 g/mol. The van der Waals surface area contributed by atoms with Crippen LogP contribution in [-0.4, -0.2) is 23.2 Å². The van der Waals surface area contributed by atoms with Gasteiger partial charge in [0.25, 0.3) is 0 Å². The average Bonchev–Trinajstić information content (AvgIpc) is 3.24. The third-order valence-corrected chi connectivity index (χ3v) is 6.31. The van der Waals surface area contributed by atoms with E-state index in [0.29, 0.717) is 15.6 Å². The molecule has 3 N–H and O–H groups in total. The van der Waals surface area contributed by atoms with E-state index < -0.39 is 23.5 Å². The maximum Gasteiger partial charge on any atom is 0.429 e. The molecule has 0 spiro atoms. The molecule has 182 valence electrons. The van der Waals surface area contributed by atoms with Crippen LogP contribution in [0.25, 0.3) is 10.1 Å². The minimum Gasteiger partial charge on any atom is -0.496 e. The van der Waals surface area contributed by atoms with E-state index >= 15 is 0 Å². The topological polar surface area (TPSA) is 104 Å². The normalized spacial score (nSPS) is 11.5. The number of ether oxygens (including phenoxy) is 3. The molecule has 0 bridgehead atoms. The van der Waals surface area contributed by atoms with Gasteiger partial charge in [0.15, 0.2) is 0 Å². The second-order valence-corrected chi connectivity index (χ2v) is 8.34. The van der Waals surface area contributed by atoms with E-state index in [9.17, 15) is 23.1 Å². The first kappa shape index (κ1) is 24.1. The molecule has 35 heavy (non-hydrogen) atoms. The Labute approximate surface area is 201 Å². The lowest BCUT2D eigenvalue weighted by Gasteiger charge is -2.20. The SMILES string of the molecule is COc1ccc(C(F)(F)Oc2cccc(OCc3csc4c(C(=O)O)cnc(N)c34)c2)c(F)c1C. The number of aromatic carboxylic acids is 1. The Morgan fingerprint density at radius 2 is 1.97 bits per heavy atom. The molecule has 0 amide bonds. The molecule has 0 saturated heterocycles. The number of rotatable bonds is 8. The summed E-state index contributed by atoms with van der Waals surface area (Å²) in [5.41, 5.74) is 5.55. The number of nitrogen functional groups attached to an aromatic ring is 1. The molecule has 0 fully saturated rings. The molecule has 0 aliphatic carbocycles. The van der Waals surface area contributed by atoms with Gasteiger partial charge in [-0.15, -0.1) is 11.3 Å². The number of anilines is 1. The number of halogens is 3. The van der Waals surface area contributed by atoms with E-state index in [2.05, 4.69) is 4.98 Å². The highest BCUT2D eigenvalue weighted by atomic mass is 32.1. The van der Waals surface area contributed by atoms with Crippen molar-refractivity contribution in [3.63, 3.8) is 0 Å². The lowest BCUT2D eigenvalue weighted by molar-refractivity contribution is -0.187. The van der Waals surface area contributed by atoms with Gasteiger partial charge in [0, 0.05) is 28.8 Å². The summed E-state index contributed by atoms with van der Waals surface area (Å²) in [6, 6.07) is 7.65. The van der Waals surface area contributed by atoms with Crippen LogP contribution in [0.5, 0.6) is 17.2 Å². The highest BCUT2D eigenvalue weighted by Crippen LogP contribution is 2.38. The van der Waals surface area contributed by atoms with Crippen molar-refractivity contribution in [3.05, 3.63) is 76.0 Å². The lowest BCUT2D eigenvalue weighted by atomic mass is 10.1. The first-order valence-corrected chi connectivity index (χ1v) is 11.0. The molecule has 0 saturated carbocycles. The van der Waals surface area contributed by atoms with E-state index in [1.807, 2.05) is 0 Å². The van der Waals surface area contributed by atoms with Crippen LogP contribution in [0.3, 0.4) is 0 Å². The summed E-state index contributed by atoms with van der Waals surface area (Å²) in [6.07, 6.45) is -2.77. The lowest BCUT2D eigenvalue weighted by Crippen LogP contribution is -2.24. The van der Waals surface area contributed by atoms with Gasteiger partial charge in [-0.25, -0.2) is 14.2 Å². The van der Waals surface area contributed by atoms with Crippen LogP contribution < -0.4 is 19.9 Å². The van der Waals surface area contributed by atoms with Gasteiger partial charge in [0.05, 0.1) is 17.4 Å². The zero-order chi connectivity index (χ0) is 25.3. The van der Waals surface area contributed by atoms with Crippen molar-refractivity contribution in [1.29, 1.82) is 0 Å². The van der Waals surface area contributed by atoms with Crippen LogP contribution in [0.2, 0.25) is 0 Å². The van der Waals surface area contributed by atoms with Gasteiger partial charge in [0.1, 0.15) is 41.1 Å². The zero-order valence-corrected chi connectivity index (χ0v) is 19.3. The van der Waals surface area contributed by atoms with Crippen LogP contribution in [0.4, 0.5) is 19.0 Å². The molecule has 4 aromatic rings. The van der Waals surface area contributed by atoms with Crippen molar-refractivity contribution >= 4 is 33.2 Å². The van der Waals surface area contributed by atoms with Crippen molar-refractivity contribution in [2.75, 3.05) is 12.8 Å². The molecule has 0 aliphatic rings. The van der Waals surface area contributed by atoms with Gasteiger partial charge in [0.2, 0.25) is 0 Å². The van der Waals surface area contributed by atoms with Gasteiger partial charge >= 0.3 is 12.1 Å². The standard InChI is InChI=1S/C24H19F3N2O5S/c1-12-18(32-2)7-6-17(20(12)25)24(26,27)34-15-5-3-4-14(8-15)33-10-13-11-35-21-16(23(30)31)9-29-22(28)19(13)21/h3-9,11H,10H2,1-2H3,(H2,28,29)(H,30,31). The quantitative estimate of drug-likeness (QED) is 0.315. The molecule has 0 unspecified atom stereocenters. The fourth-order valence-corrected chi connectivity index (χ4v) is 4.56. The Hall–Kier alpha value is -3.99. The number of nitrogens with two attached hydrogens (primary N) is 1. The highest BCUT2D eigenvalue weighted by molar-refractivity contribution is 7.17. The molecular weight excluding hydrogens is 485 g/mol. The average molecular weight is 504 g/mol. The number of carboxylic acid groups (broad SMARTS) is 1. The zero-order valence-electron chi connectivity index (χ0n) is 18.5. The van der Waals surface area contributed by atoms with E-state index in [4.69, 9.17) is 19.9 Å². The number of alkyl halides is 2. The Morgan fingerprint density at radius 3 is 2.69 bits per heavy atom. The molecule has 0 atom stereocenters. The van der Waals surface area contributed by atoms with Crippen LogP contribution in [0.15, 0.2) is 48.0 Å². The number of carbonyl (C=O) groups is 1. The third kappa shape index (κ3) is 4.67. The second-order valence-electron chi connectivity index (χ2n) is 7.46. The number of fused-ring (bicyclic) bond motifs is 1. The van der Waals surface area contributed by atoms with Gasteiger partial charge in [-0.05, 0) is 36.6 Å². The van der Waals surface area contributed by atoms with Crippen molar-refractivity contribution in [2.45, 2.75) is 19.6 Å². The first-order chi connectivity index (χ1) is 16.6. The van der Waals surface area contributed by atoms with Crippen LogP contribution in [-0.2, 0) is 12.7 Å². The number of methoxy groups -OCH3 is 1. The summed E-state index contributed by atoms with van der Waals surface area (Å²) in [4.78, 5) is 15.4. The molecule has 2 heterocycles. The third-order valence-electron chi connectivity index (χ3n) is 5.25. The molecule has 0 radical (unpaired) electrons. The fraction of sp³-hybridized carbons (Fsp3) is 0.167. The number of hydrogen-bond acceptors (Lipinski definition) is 7. The Bertz CT molecular complexity index is 1420. The summed E-state index contributed by atoms with van der Waals surface area (Å²) in [5.74, 6) is -2.01. The fourth-order valence-electron chi connectivity index (χ4n) is 3.49. The minimum absolute atomic E-state index is 0.0177. The Morgan fingerprint density at radius 1 is 1.23 bits per heavy atom. The number of nitrogens with zero attached hydrogens (tertiary/aromatic N) is 1. The van der Waals surface area contributed by atoms with Crippen LogP contribution in [0, 0.1) is 12.7 Å². The van der Waals surface area contributed by atoms with Crippen molar-refractivity contribution in [1.82, 2.24) is 4.98 Å². The Balaban J connectivity index is 1.54. The number of carboxylic acids is 1. The molecular formula is C24H19F3N2O5S.